The van der Waals surface area contributed by atoms with Gasteiger partial charge in [0, 0.05) is 13.0 Å². The summed E-state index contributed by atoms with van der Waals surface area (Å²) >= 11 is 0. The maximum atomic E-state index is 11.7. The molecule has 6 nitrogen and oxygen atoms in total. The number of rotatable bonds is 6. The number of hydrogen-bond donors (Lipinski definition) is 3. The van der Waals surface area contributed by atoms with Gasteiger partial charge in [-0.2, -0.15) is 13.1 Å². The van der Waals surface area contributed by atoms with Crippen molar-refractivity contribution in [1.29, 1.82) is 0 Å². The van der Waals surface area contributed by atoms with Crippen LogP contribution in [0.25, 0.3) is 0 Å². The summed E-state index contributed by atoms with van der Waals surface area (Å²) in [5.74, 6) is 5.90. The molecule has 0 saturated carbocycles. The molecule has 0 aliphatic carbocycles. The first-order valence-corrected chi connectivity index (χ1v) is 7.75. The Labute approximate surface area is 119 Å². The normalized spacial score (nSPS) is 11.0. The molecule has 0 saturated heterocycles. The van der Waals surface area contributed by atoms with E-state index < -0.39 is 10.2 Å². The largest absolute Gasteiger partial charge is 0.395 e. The minimum atomic E-state index is -3.62. The summed E-state index contributed by atoms with van der Waals surface area (Å²) in [6.07, 6.45) is 0.355. The highest BCUT2D eigenvalue weighted by Crippen LogP contribution is 2.06. The Morgan fingerprint density at radius 1 is 1.40 bits per heavy atom. The van der Waals surface area contributed by atoms with Crippen molar-refractivity contribution in [2.75, 3.05) is 17.9 Å². The second-order valence-electron chi connectivity index (χ2n) is 4.53. The molecule has 1 heterocycles. The second-order valence-corrected chi connectivity index (χ2v) is 6.03. The van der Waals surface area contributed by atoms with E-state index in [1.807, 2.05) is 13.8 Å². The van der Waals surface area contributed by atoms with Gasteiger partial charge in [-0.25, -0.2) is 4.98 Å². The third kappa shape index (κ3) is 6.52. The first kappa shape index (κ1) is 16.4. The number of nitrogens with zero attached hydrogens (tertiary/aromatic N) is 1. The van der Waals surface area contributed by atoms with Crippen molar-refractivity contribution >= 4 is 16.0 Å². The first-order valence-electron chi connectivity index (χ1n) is 6.27. The van der Waals surface area contributed by atoms with Crippen molar-refractivity contribution in [3.05, 3.63) is 23.9 Å². The molecule has 0 amide bonds. The van der Waals surface area contributed by atoms with Crippen LogP contribution in [0.3, 0.4) is 0 Å². The van der Waals surface area contributed by atoms with Crippen LogP contribution in [0.15, 0.2) is 18.2 Å². The number of nitrogens with one attached hydrogen (secondary N) is 2. The van der Waals surface area contributed by atoms with E-state index in [2.05, 4.69) is 26.3 Å². The van der Waals surface area contributed by atoms with Gasteiger partial charge in [0.2, 0.25) is 0 Å². The molecule has 0 aliphatic heterocycles. The molecule has 1 aromatic heterocycles. The van der Waals surface area contributed by atoms with Gasteiger partial charge in [0.05, 0.1) is 6.61 Å². The first-order chi connectivity index (χ1) is 9.43. The summed E-state index contributed by atoms with van der Waals surface area (Å²) in [4.78, 5) is 4.07. The van der Waals surface area contributed by atoms with Crippen molar-refractivity contribution in [2.45, 2.75) is 20.3 Å². The lowest BCUT2D eigenvalue weighted by Crippen LogP contribution is -2.33. The maximum absolute atomic E-state index is 11.7. The molecule has 0 fully saturated rings. The van der Waals surface area contributed by atoms with Gasteiger partial charge in [0.25, 0.3) is 10.2 Å². The fourth-order valence-electron chi connectivity index (χ4n) is 1.22. The molecule has 0 radical (unpaired) electrons. The van der Waals surface area contributed by atoms with E-state index >= 15 is 0 Å². The summed E-state index contributed by atoms with van der Waals surface area (Å²) in [6.45, 7) is 4.17. The van der Waals surface area contributed by atoms with Crippen LogP contribution in [0.4, 0.5) is 5.82 Å². The number of aliphatic hydroxyl groups excluding tert-OH is 1. The number of anilines is 1. The second kappa shape index (κ2) is 7.85. The van der Waals surface area contributed by atoms with E-state index in [1.165, 1.54) is 0 Å². The third-order valence-electron chi connectivity index (χ3n) is 2.12. The van der Waals surface area contributed by atoms with Crippen LogP contribution in [-0.2, 0) is 10.2 Å². The Hall–Kier alpha value is -1.62. The van der Waals surface area contributed by atoms with Gasteiger partial charge in [-0.3, -0.25) is 4.72 Å². The molecule has 20 heavy (non-hydrogen) atoms. The third-order valence-corrected chi connectivity index (χ3v) is 3.15. The Morgan fingerprint density at radius 2 is 2.15 bits per heavy atom. The predicted octanol–water partition coefficient (Wildman–Crippen LogP) is 0.718. The molecule has 0 aromatic carbocycles. The number of hydrogen-bond acceptors (Lipinski definition) is 4. The van der Waals surface area contributed by atoms with E-state index in [4.69, 9.17) is 5.11 Å². The highest BCUT2D eigenvalue weighted by molar-refractivity contribution is 7.90. The Bertz CT molecular complexity index is 588. The summed E-state index contributed by atoms with van der Waals surface area (Å²) in [6, 6.07) is 4.88. The zero-order valence-electron chi connectivity index (χ0n) is 11.5. The van der Waals surface area contributed by atoms with E-state index in [0.29, 0.717) is 18.7 Å². The Balaban J connectivity index is 2.73. The van der Waals surface area contributed by atoms with Crippen molar-refractivity contribution in [3.8, 4) is 11.8 Å². The Kier molecular flexibility index (Phi) is 6.45. The van der Waals surface area contributed by atoms with Crippen molar-refractivity contribution in [3.63, 3.8) is 0 Å². The van der Waals surface area contributed by atoms with Gasteiger partial charge in [-0.1, -0.05) is 25.8 Å². The zero-order chi connectivity index (χ0) is 15.0. The molecule has 0 atom stereocenters. The summed E-state index contributed by atoms with van der Waals surface area (Å²) in [7, 11) is -3.62. The molecular weight excluding hydrogens is 278 g/mol. The Morgan fingerprint density at radius 3 is 2.80 bits per heavy atom. The lowest BCUT2D eigenvalue weighted by atomic mass is 10.2. The summed E-state index contributed by atoms with van der Waals surface area (Å²) in [5, 5.41) is 8.63. The van der Waals surface area contributed by atoms with Gasteiger partial charge in [-0.05, 0) is 24.0 Å². The monoisotopic (exact) mass is 297 g/mol. The fraction of sp³-hybridized carbons (Fsp3) is 0.462. The van der Waals surface area contributed by atoms with Gasteiger partial charge < -0.3 is 5.11 Å². The molecule has 1 aromatic rings. The summed E-state index contributed by atoms with van der Waals surface area (Å²) < 4.78 is 28.3. The molecule has 0 unspecified atom stereocenters. The van der Waals surface area contributed by atoms with Crippen molar-refractivity contribution < 1.29 is 13.5 Å². The molecule has 110 valence electrons. The highest BCUT2D eigenvalue weighted by Gasteiger charge is 2.10. The van der Waals surface area contributed by atoms with Crippen LogP contribution in [0.1, 0.15) is 26.0 Å². The highest BCUT2D eigenvalue weighted by atomic mass is 32.2. The van der Waals surface area contributed by atoms with E-state index in [0.717, 1.165) is 0 Å². The van der Waals surface area contributed by atoms with Crippen LogP contribution in [-0.4, -0.2) is 31.7 Å². The molecule has 3 N–H and O–H groups in total. The lowest BCUT2D eigenvalue weighted by molar-refractivity contribution is 0.305. The van der Waals surface area contributed by atoms with Crippen molar-refractivity contribution in [2.24, 2.45) is 5.92 Å². The molecular formula is C13H19N3O3S. The van der Waals surface area contributed by atoms with Crippen LogP contribution < -0.4 is 9.44 Å². The van der Waals surface area contributed by atoms with Crippen LogP contribution >= 0.6 is 0 Å². The maximum Gasteiger partial charge on any atom is 0.300 e. The van der Waals surface area contributed by atoms with Crippen molar-refractivity contribution in [1.82, 2.24) is 9.71 Å². The standard InChI is InChI=1S/C13H19N3O3S/c1-11(2)10-14-20(18,19)16-13-8-5-7-12(15-13)6-3-4-9-17/h5,7-8,11,14,17H,4,9-10H2,1-2H3,(H,15,16). The number of pyridine rings is 1. The van der Waals surface area contributed by atoms with E-state index in [1.54, 1.807) is 18.2 Å². The molecule has 1 rings (SSSR count). The average molecular weight is 297 g/mol. The number of aromatic nitrogens is 1. The average Bonchev–Trinajstić information content (AvgIpc) is 2.37. The van der Waals surface area contributed by atoms with Gasteiger partial charge in [0.15, 0.2) is 0 Å². The topological polar surface area (TPSA) is 91.3 Å². The fourth-order valence-corrected chi connectivity index (χ4v) is 2.23. The minimum absolute atomic E-state index is 0.0154. The van der Waals surface area contributed by atoms with Crippen LogP contribution in [0.2, 0.25) is 0 Å². The van der Waals surface area contributed by atoms with Gasteiger partial charge in [-0.15, -0.1) is 0 Å². The molecule has 0 bridgehead atoms. The number of aliphatic hydroxyl groups is 1. The lowest BCUT2D eigenvalue weighted by Gasteiger charge is -2.10. The van der Waals surface area contributed by atoms with Crippen LogP contribution in [0.5, 0.6) is 0 Å². The van der Waals surface area contributed by atoms with E-state index in [9.17, 15) is 8.42 Å². The van der Waals surface area contributed by atoms with Gasteiger partial charge in [0.1, 0.15) is 11.5 Å². The summed E-state index contributed by atoms with van der Waals surface area (Å²) in [5.41, 5.74) is 0.447. The predicted molar refractivity (Wildman–Crippen MR) is 78.2 cm³/mol. The molecule has 0 spiro atoms. The SMILES string of the molecule is CC(C)CNS(=O)(=O)Nc1cccc(C#CCCO)n1. The van der Waals surface area contributed by atoms with Crippen LogP contribution in [0, 0.1) is 17.8 Å². The molecule has 0 aliphatic rings. The van der Waals surface area contributed by atoms with E-state index in [-0.39, 0.29) is 18.3 Å². The smallest absolute Gasteiger partial charge is 0.300 e. The minimum Gasteiger partial charge on any atom is -0.395 e. The zero-order valence-corrected chi connectivity index (χ0v) is 12.4. The van der Waals surface area contributed by atoms with Gasteiger partial charge >= 0.3 is 0 Å². The molecule has 7 heteroatoms. The quantitative estimate of drug-likeness (QED) is 0.675.